The first-order valence-corrected chi connectivity index (χ1v) is 12.2. The summed E-state index contributed by atoms with van der Waals surface area (Å²) in [4.78, 5) is 44.7. The minimum Gasteiger partial charge on any atom is -0.496 e. The van der Waals surface area contributed by atoms with E-state index in [0.717, 1.165) is 50.1 Å². The van der Waals surface area contributed by atoms with Gasteiger partial charge in [-0.05, 0) is 51.8 Å². The second kappa shape index (κ2) is 12.5. The molecule has 1 aliphatic heterocycles. The topological polar surface area (TPSA) is 101 Å². The molecule has 2 aromatic rings. The Labute approximate surface area is 212 Å². The Hall–Kier alpha value is -3.46. The molecule has 194 valence electrons. The van der Waals surface area contributed by atoms with Gasteiger partial charge in [-0.2, -0.15) is 0 Å². The second-order valence-corrected chi connectivity index (χ2v) is 9.96. The fourth-order valence-corrected chi connectivity index (χ4v) is 4.12. The quantitative estimate of drug-likeness (QED) is 0.531. The summed E-state index contributed by atoms with van der Waals surface area (Å²) in [7, 11) is 1.68. The number of piperidine rings is 1. The van der Waals surface area contributed by atoms with Crippen molar-refractivity contribution in [2.75, 3.05) is 26.7 Å². The van der Waals surface area contributed by atoms with Gasteiger partial charge in [-0.15, -0.1) is 0 Å². The van der Waals surface area contributed by atoms with Gasteiger partial charge in [-0.1, -0.05) is 18.2 Å². The van der Waals surface area contributed by atoms with E-state index in [4.69, 9.17) is 9.47 Å². The lowest BCUT2D eigenvalue weighted by Crippen LogP contribution is -2.48. The van der Waals surface area contributed by atoms with Crippen LogP contribution in [-0.2, 0) is 22.6 Å². The van der Waals surface area contributed by atoms with Crippen LogP contribution in [0.4, 0.5) is 4.79 Å². The highest BCUT2D eigenvalue weighted by molar-refractivity contribution is 5.82. The number of pyridine rings is 1. The van der Waals surface area contributed by atoms with Crippen molar-refractivity contribution in [1.29, 1.82) is 0 Å². The predicted octanol–water partition coefficient (Wildman–Crippen LogP) is 3.42. The van der Waals surface area contributed by atoms with Gasteiger partial charge in [-0.25, -0.2) is 4.79 Å². The first kappa shape index (κ1) is 27.1. The molecular formula is C27H36N4O5. The molecule has 1 aromatic heterocycles. The van der Waals surface area contributed by atoms with Crippen molar-refractivity contribution in [3.63, 3.8) is 0 Å². The van der Waals surface area contributed by atoms with Crippen molar-refractivity contribution >= 4 is 18.3 Å². The molecule has 1 fully saturated rings. The lowest BCUT2D eigenvalue weighted by Gasteiger charge is -2.33. The molecule has 2 amide bonds. The number of rotatable bonds is 9. The molecule has 9 heteroatoms. The van der Waals surface area contributed by atoms with Crippen LogP contribution in [0.15, 0.2) is 42.6 Å². The number of amides is 2. The van der Waals surface area contributed by atoms with Gasteiger partial charge in [0.05, 0.1) is 19.3 Å². The number of hydrogen-bond donors (Lipinski definition) is 1. The number of hydrogen-bond acceptors (Lipinski definition) is 7. The van der Waals surface area contributed by atoms with E-state index in [9.17, 15) is 14.4 Å². The maximum absolute atomic E-state index is 12.9. The van der Waals surface area contributed by atoms with Crippen LogP contribution in [0.1, 0.15) is 55.2 Å². The van der Waals surface area contributed by atoms with Crippen molar-refractivity contribution in [3.05, 3.63) is 59.4 Å². The normalized spacial score (nSPS) is 14.7. The molecule has 0 saturated carbocycles. The Kier molecular flexibility index (Phi) is 9.41. The van der Waals surface area contributed by atoms with Gasteiger partial charge in [0.1, 0.15) is 24.2 Å². The van der Waals surface area contributed by atoms with E-state index in [2.05, 4.69) is 21.3 Å². The molecule has 0 atom stereocenters. The SMILES string of the molecule is COc1ccccc1CN1CCC(NC(=O)CN(Cc2cc(C=O)ccn2)C(=O)OC(C)(C)C)CC1. The van der Waals surface area contributed by atoms with Crippen molar-refractivity contribution < 1.29 is 23.9 Å². The van der Waals surface area contributed by atoms with Crippen molar-refractivity contribution in [2.24, 2.45) is 0 Å². The van der Waals surface area contributed by atoms with Gasteiger partial charge >= 0.3 is 6.09 Å². The number of carbonyl (C=O) groups is 3. The predicted molar refractivity (Wildman–Crippen MR) is 136 cm³/mol. The van der Waals surface area contributed by atoms with Crippen LogP contribution in [0, 0.1) is 0 Å². The largest absolute Gasteiger partial charge is 0.496 e. The zero-order valence-electron chi connectivity index (χ0n) is 21.5. The summed E-state index contributed by atoms with van der Waals surface area (Å²) in [6, 6.07) is 11.2. The lowest BCUT2D eigenvalue weighted by atomic mass is 10.0. The van der Waals surface area contributed by atoms with E-state index in [-0.39, 0.29) is 25.0 Å². The molecule has 0 spiro atoms. The Morgan fingerprint density at radius 1 is 1.19 bits per heavy atom. The number of likely N-dealkylation sites (tertiary alicyclic amines) is 1. The highest BCUT2D eigenvalue weighted by Crippen LogP contribution is 2.21. The Balaban J connectivity index is 1.56. The van der Waals surface area contributed by atoms with Crippen LogP contribution in [-0.4, -0.2) is 71.5 Å². The monoisotopic (exact) mass is 496 g/mol. The van der Waals surface area contributed by atoms with E-state index in [1.165, 1.54) is 11.1 Å². The Morgan fingerprint density at radius 2 is 1.92 bits per heavy atom. The summed E-state index contributed by atoms with van der Waals surface area (Å²) in [5.74, 6) is 0.624. The van der Waals surface area contributed by atoms with E-state index < -0.39 is 11.7 Å². The number of benzene rings is 1. The number of nitrogens with zero attached hydrogens (tertiary/aromatic N) is 3. The van der Waals surface area contributed by atoms with Crippen LogP contribution in [0.5, 0.6) is 5.75 Å². The third kappa shape index (κ3) is 8.34. The molecule has 2 heterocycles. The van der Waals surface area contributed by atoms with Crippen LogP contribution >= 0.6 is 0 Å². The van der Waals surface area contributed by atoms with E-state index >= 15 is 0 Å². The molecule has 1 saturated heterocycles. The third-order valence-corrected chi connectivity index (χ3v) is 5.85. The van der Waals surface area contributed by atoms with Gasteiger partial charge < -0.3 is 14.8 Å². The molecule has 1 aromatic carbocycles. The van der Waals surface area contributed by atoms with Gasteiger partial charge in [-0.3, -0.25) is 24.4 Å². The molecule has 0 radical (unpaired) electrons. The lowest BCUT2D eigenvalue weighted by molar-refractivity contribution is -0.123. The summed E-state index contributed by atoms with van der Waals surface area (Å²) < 4.78 is 11.0. The average Bonchev–Trinajstić information content (AvgIpc) is 2.84. The molecular weight excluding hydrogens is 460 g/mol. The maximum atomic E-state index is 12.9. The molecule has 0 unspecified atom stereocenters. The van der Waals surface area contributed by atoms with Crippen LogP contribution in [0.25, 0.3) is 0 Å². The maximum Gasteiger partial charge on any atom is 0.411 e. The zero-order valence-corrected chi connectivity index (χ0v) is 21.5. The summed E-state index contributed by atoms with van der Waals surface area (Å²) in [6.07, 6.45) is 3.25. The second-order valence-electron chi connectivity index (χ2n) is 9.96. The number of aldehydes is 1. The first-order valence-electron chi connectivity index (χ1n) is 12.2. The average molecular weight is 497 g/mol. The molecule has 1 aliphatic rings. The third-order valence-electron chi connectivity index (χ3n) is 5.85. The highest BCUT2D eigenvalue weighted by atomic mass is 16.6. The number of methoxy groups -OCH3 is 1. The van der Waals surface area contributed by atoms with Crippen LogP contribution in [0.2, 0.25) is 0 Å². The number of ether oxygens (including phenoxy) is 2. The first-order chi connectivity index (χ1) is 17.2. The van der Waals surface area contributed by atoms with E-state index in [1.54, 1.807) is 40.0 Å². The van der Waals surface area contributed by atoms with Crippen LogP contribution in [0.3, 0.4) is 0 Å². The number of para-hydroxylation sites is 1. The van der Waals surface area contributed by atoms with Gasteiger partial charge in [0, 0.05) is 43.0 Å². The summed E-state index contributed by atoms with van der Waals surface area (Å²) >= 11 is 0. The van der Waals surface area contributed by atoms with Crippen molar-refractivity contribution in [1.82, 2.24) is 20.1 Å². The Morgan fingerprint density at radius 3 is 2.58 bits per heavy atom. The summed E-state index contributed by atoms with van der Waals surface area (Å²) in [5, 5.41) is 3.07. The number of nitrogens with one attached hydrogen (secondary N) is 1. The Bertz CT molecular complexity index is 1040. The molecule has 9 nitrogen and oxygen atoms in total. The van der Waals surface area contributed by atoms with Gasteiger partial charge in [0.25, 0.3) is 0 Å². The molecule has 36 heavy (non-hydrogen) atoms. The summed E-state index contributed by atoms with van der Waals surface area (Å²) in [6.45, 7) is 7.70. The number of carbonyl (C=O) groups excluding carboxylic acids is 3. The van der Waals surface area contributed by atoms with E-state index in [0.29, 0.717) is 11.3 Å². The van der Waals surface area contributed by atoms with E-state index in [1.807, 2.05) is 18.2 Å². The number of aromatic nitrogens is 1. The van der Waals surface area contributed by atoms with Crippen molar-refractivity contribution in [3.8, 4) is 5.75 Å². The zero-order chi connectivity index (χ0) is 26.1. The molecule has 0 bridgehead atoms. The van der Waals surface area contributed by atoms with Crippen molar-refractivity contribution in [2.45, 2.75) is 58.3 Å². The smallest absolute Gasteiger partial charge is 0.411 e. The molecule has 3 rings (SSSR count). The fraction of sp³-hybridized carbons (Fsp3) is 0.481. The minimum absolute atomic E-state index is 0.0309. The fourth-order valence-electron chi connectivity index (χ4n) is 4.12. The van der Waals surface area contributed by atoms with Gasteiger partial charge in [0.15, 0.2) is 0 Å². The summed E-state index contributed by atoms with van der Waals surface area (Å²) in [5.41, 5.74) is 1.39. The van der Waals surface area contributed by atoms with Crippen LogP contribution < -0.4 is 10.1 Å². The molecule has 1 N–H and O–H groups in total. The minimum atomic E-state index is -0.710. The molecule has 0 aliphatic carbocycles. The highest BCUT2D eigenvalue weighted by Gasteiger charge is 2.27. The van der Waals surface area contributed by atoms with Gasteiger partial charge in [0.2, 0.25) is 5.91 Å². The standard InChI is InChI=1S/C27H36N4O5/c1-27(2,3)36-26(34)31(17-23-15-20(19-32)9-12-28-23)18-25(33)29-22-10-13-30(14-11-22)16-21-7-5-6-8-24(21)35-4/h5-9,12,15,19,22H,10-11,13-14,16-18H2,1-4H3,(H,29,33).